The molecule has 0 unspecified atom stereocenters. The molecule has 2 rings (SSSR count). The zero-order valence-corrected chi connectivity index (χ0v) is 13.4. The Balaban J connectivity index is 2.07. The van der Waals surface area contributed by atoms with Gasteiger partial charge in [0.1, 0.15) is 11.5 Å². The Morgan fingerprint density at radius 3 is 2.48 bits per heavy atom. The Morgan fingerprint density at radius 2 is 1.87 bits per heavy atom. The van der Waals surface area contributed by atoms with Gasteiger partial charge in [0.15, 0.2) is 0 Å². The van der Waals surface area contributed by atoms with Crippen LogP contribution in [0.5, 0.6) is 0 Å². The third-order valence-corrected chi connectivity index (χ3v) is 3.53. The fraction of sp³-hybridized carbons (Fsp3) is 0.263. The van der Waals surface area contributed by atoms with E-state index in [0.717, 1.165) is 0 Å². The van der Waals surface area contributed by atoms with Gasteiger partial charge >= 0.3 is 0 Å². The summed E-state index contributed by atoms with van der Waals surface area (Å²) in [4.78, 5) is 16.2. The van der Waals surface area contributed by atoms with Crippen LogP contribution in [0.3, 0.4) is 0 Å². The van der Waals surface area contributed by atoms with Crippen LogP contribution in [0.2, 0.25) is 0 Å². The number of carbonyl (C=O) groups excluding carboxylic acids is 1. The minimum absolute atomic E-state index is 0.0803. The van der Waals surface area contributed by atoms with Crippen molar-refractivity contribution in [3.05, 3.63) is 65.2 Å². The second kappa shape index (κ2) is 7.55. The van der Waals surface area contributed by atoms with Gasteiger partial charge in [0, 0.05) is 23.4 Å². The number of nitrogens with one attached hydrogen (secondary N) is 1. The molecule has 1 N–H and O–H groups in total. The summed E-state index contributed by atoms with van der Waals surface area (Å²) in [6, 6.07) is 9.54. The number of hydrogen-bond acceptors (Lipinski definition) is 2. The van der Waals surface area contributed by atoms with Gasteiger partial charge in [-0.15, -0.1) is 0 Å². The van der Waals surface area contributed by atoms with Crippen LogP contribution in [0.15, 0.2) is 42.6 Å². The number of halogens is 1. The van der Waals surface area contributed by atoms with Gasteiger partial charge in [0.2, 0.25) is 0 Å². The predicted octanol–water partition coefficient (Wildman–Crippen LogP) is 3.39. The summed E-state index contributed by atoms with van der Waals surface area (Å²) in [7, 11) is 0. The number of rotatable bonds is 3. The molecule has 0 radical (unpaired) electrons. The highest BCUT2D eigenvalue weighted by Crippen LogP contribution is 2.05. The lowest BCUT2D eigenvalue weighted by molar-refractivity contribution is 0.0925. The van der Waals surface area contributed by atoms with E-state index in [4.69, 9.17) is 0 Å². The SMILES string of the molecule is CC(C)[C@@H](C)NC(=O)c1ccc(C#Cc2cccc(F)c2)cn1. The Bertz CT molecular complexity index is 742. The molecule has 1 heterocycles. The van der Waals surface area contributed by atoms with E-state index in [1.54, 1.807) is 30.5 Å². The zero-order chi connectivity index (χ0) is 16.8. The lowest BCUT2D eigenvalue weighted by atomic mass is 10.1. The van der Waals surface area contributed by atoms with Gasteiger partial charge in [0.25, 0.3) is 5.91 Å². The van der Waals surface area contributed by atoms with Gasteiger partial charge < -0.3 is 5.32 Å². The van der Waals surface area contributed by atoms with E-state index in [-0.39, 0.29) is 17.8 Å². The second-order valence-electron chi connectivity index (χ2n) is 5.70. The summed E-state index contributed by atoms with van der Waals surface area (Å²) in [6.07, 6.45) is 1.54. The van der Waals surface area contributed by atoms with Crippen LogP contribution < -0.4 is 5.32 Å². The van der Waals surface area contributed by atoms with Crippen LogP contribution in [-0.4, -0.2) is 16.9 Å². The third kappa shape index (κ3) is 4.93. The summed E-state index contributed by atoms with van der Waals surface area (Å²) in [5.41, 5.74) is 1.62. The normalized spacial score (nSPS) is 11.5. The number of amides is 1. The van der Waals surface area contributed by atoms with Crippen molar-refractivity contribution in [2.24, 2.45) is 5.92 Å². The lowest BCUT2D eigenvalue weighted by Crippen LogP contribution is -2.36. The largest absolute Gasteiger partial charge is 0.348 e. The molecule has 118 valence electrons. The zero-order valence-electron chi connectivity index (χ0n) is 13.4. The molecule has 0 aliphatic rings. The van der Waals surface area contributed by atoms with Crippen molar-refractivity contribution >= 4 is 5.91 Å². The number of aromatic nitrogens is 1. The molecule has 2 aromatic rings. The average molecular weight is 310 g/mol. The number of benzene rings is 1. The first-order valence-corrected chi connectivity index (χ1v) is 7.50. The summed E-state index contributed by atoms with van der Waals surface area (Å²) in [6.45, 7) is 6.05. The fourth-order valence-electron chi connectivity index (χ4n) is 1.76. The molecule has 1 atom stereocenters. The molecule has 3 nitrogen and oxygen atoms in total. The van der Waals surface area contributed by atoms with Crippen LogP contribution >= 0.6 is 0 Å². The van der Waals surface area contributed by atoms with Crippen LogP contribution in [0, 0.1) is 23.6 Å². The Kier molecular flexibility index (Phi) is 5.48. The maximum Gasteiger partial charge on any atom is 0.270 e. The molecule has 0 fully saturated rings. The van der Waals surface area contributed by atoms with E-state index >= 15 is 0 Å². The molecule has 1 aromatic heterocycles. The van der Waals surface area contributed by atoms with Gasteiger partial charge in [-0.1, -0.05) is 31.8 Å². The van der Waals surface area contributed by atoms with Crippen molar-refractivity contribution in [1.29, 1.82) is 0 Å². The van der Waals surface area contributed by atoms with E-state index in [1.165, 1.54) is 12.1 Å². The average Bonchev–Trinajstić information content (AvgIpc) is 2.53. The van der Waals surface area contributed by atoms with E-state index < -0.39 is 0 Å². The minimum atomic E-state index is -0.318. The van der Waals surface area contributed by atoms with E-state index in [1.807, 2.05) is 20.8 Å². The Morgan fingerprint density at radius 1 is 1.13 bits per heavy atom. The molecule has 0 spiro atoms. The smallest absolute Gasteiger partial charge is 0.270 e. The Labute approximate surface area is 136 Å². The third-order valence-electron chi connectivity index (χ3n) is 3.53. The number of carbonyl (C=O) groups is 1. The van der Waals surface area contributed by atoms with Gasteiger partial charge in [-0.25, -0.2) is 9.37 Å². The molecule has 0 aliphatic carbocycles. The monoisotopic (exact) mass is 310 g/mol. The molecule has 1 amide bonds. The van der Waals surface area contributed by atoms with Gasteiger partial charge in [-0.3, -0.25) is 4.79 Å². The van der Waals surface area contributed by atoms with Crippen LogP contribution in [0.1, 0.15) is 42.4 Å². The minimum Gasteiger partial charge on any atom is -0.348 e. The summed E-state index contributed by atoms with van der Waals surface area (Å²) in [5, 5.41) is 2.90. The summed E-state index contributed by atoms with van der Waals surface area (Å²) in [5.74, 6) is 5.61. The van der Waals surface area contributed by atoms with Crippen LogP contribution in [0.4, 0.5) is 4.39 Å². The first kappa shape index (κ1) is 16.7. The second-order valence-corrected chi connectivity index (χ2v) is 5.70. The summed E-state index contributed by atoms with van der Waals surface area (Å²) >= 11 is 0. The first-order valence-electron chi connectivity index (χ1n) is 7.50. The number of hydrogen-bond donors (Lipinski definition) is 1. The summed E-state index contributed by atoms with van der Waals surface area (Å²) < 4.78 is 13.1. The van der Waals surface area contributed by atoms with Gasteiger partial charge in [-0.2, -0.15) is 0 Å². The quantitative estimate of drug-likeness (QED) is 0.883. The molecule has 0 saturated carbocycles. The molecular formula is C19H19FN2O. The highest BCUT2D eigenvalue weighted by Gasteiger charge is 2.13. The van der Waals surface area contributed by atoms with Crippen molar-refractivity contribution < 1.29 is 9.18 Å². The topological polar surface area (TPSA) is 42.0 Å². The maximum absolute atomic E-state index is 13.1. The molecule has 0 saturated heterocycles. The number of nitrogens with zero attached hydrogens (tertiary/aromatic N) is 1. The Hall–Kier alpha value is -2.67. The lowest BCUT2D eigenvalue weighted by Gasteiger charge is -2.16. The predicted molar refractivity (Wildman–Crippen MR) is 88.4 cm³/mol. The van der Waals surface area contributed by atoms with Crippen molar-refractivity contribution in [3.63, 3.8) is 0 Å². The molecular weight excluding hydrogens is 291 g/mol. The van der Waals surface area contributed by atoms with E-state index in [0.29, 0.717) is 22.7 Å². The van der Waals surface area contributed by atoms with Crippen molar-refractivity contribution in [1.82, 2.24) is 10.3 Å². The van der Waals surface area contributed by atoms with Crippen LogP contribution in [0.25, 0.3) is 0 Å². The molecule has 0 bridgehead atoms. The maximum atomic E-state index is 13.1. The van der Waals surface area contributed by atoms with E-state index in [2.05, 4.69) is 22.1 Å². The molecule has 4 heteroatoms. The standard InChI is InChI=1S/C19H19FN2O/c1-13(2)14(3)22-19(23)18-10-9-16(12-21-18)8-7-15-5-4-6-17(20)11-15/h4-6,9-14H,1-3H3,(H,22,23)/t14-/m1/s1. The van der Waals surface area contributed by atoms with Crippen molar-refractivity contribution in [2.75, 3.05) is 0 Å². The molecule has 1 aromatic carbocycles. The number of pyridine rings is 1. The van der Waals surface area contributed by atoms with Gasteiger partial charge in [0.05, 0.1) is 0 Å². The first-order chi connectivity index (χ1) is 11.0. The molecule has 0 aliphatic heterocycles. The molecule has 23 heavy (non-hydrogen) atoms. The highest BCUT2D eigenvalue weighted by atomic mass is 19.1. The van der Waals surface area contributed by atoms with E-state index in [9.17, 15) is 9.18 Å². The van der Waals surface area contributed by atoms with Crippen molar-refractivity contribution in [3.8, 4) is 11.8 Å². The van der Waals surface area contributed by atoms with Crippen molar-refractivity contribution in [2.45, 2.75) is 26.8 Å². The highest BCUT2D eigenvalue weighted by molar-refractivity contribution is 5.92. The fourth-order valence-corrected chi connectivity index (χ4v) is 1.76. The van der Waals surface area contributed by atoms with Gasteiger partial charge in [-0.05, 0) is 43.2 Å². The van der Waals surface area contributed by atoms with Crippen LogP contribution in [-0.2, 0) is 0 Å².